The van der Waals surface area contributed by atoms with Gasteiger partial charge in [-0.15, -0.1) is 0 Å². The molecular formula is C7H10F2N2O2. The van der Waals surface area contributed by atoms with Crippen LogP contribution in [0.1, 0.15) is 30.9 Å². The number of rotatable bonds is 2. The van der Waals surface area contributed by atoms with Crippen LogP contribution in [0, 0.1) is 0 Å². The average Bonchev–Trinajstić information content (AvgIpc) is 2.56. The molecule has 1 aromatic rings. The summed E-state index contributed by atoms with van der Waals surface area (Å²) in [5.74, 6) is -1.32. The maximum atomic E-state index is 11.8. The Kier molecular flexibility index (Phi) is 4.64. The van der Waals surface area contributed by atoms with Crippen molar-refractivity contribution in [1.29, 1.82) is 0 Å². The summed E-state index contributed by atoms with van der Waals surface area (Å²) in [6, 6.07) is 1.01. The minimum Gasteiger partial charge on any atom is -0.476 e. The molecule has 6 heteroatoms. The molecule has 0 atom stereocenters. The van der Waals surface area contributed by atoms with Gasteiger partial charge in [-0.25, -0.2) is 9.48 Å². The predicted molar refractivity (Wildman–Crippen MR) is 41.8 cm³/mol. The van der Waals surface area contributed by atoms with Crippen LogP contribution in [0.25, 0.3) is 0 Å². The van der Waals surface area contributed by atoms with Crippen LogP contribution in [0.3, 0.4) is 0 Å². The number of hydrogen-bond donors (Lipinski definition) is 1. The first-order chi connectivity index (χ1) is 6.11. The molecule has 1 aromatic heterocycles. The van der Waals surface area contributed by atoms with E-state index in [4.69, 9.17) is 5.11 Å². The van der Waals surface area contributed by atoms with E-state index >= 15 is 0 Å². The second kappa shape index (κ2) is 5.23. The van der Waals surface area contributed by atoms with Gasteiger partial charge in [0, 0.05) is 6.20 Å². The van der Waals surface area contributed by atoms with E-state index < -0.39 is 12.5 Å². The van der Waals surface area contributed by atoms with Crippen molar-refractivity contribution in [2.24, 2.45) is 0 Å². The normalized spacial score (nSPS) is 9.31. The van der Waals surface area contributed by atoms with Gasteiger partial charge in [-0.05, 0) is 6.07 Å². The van der Waals surface area contributed by atoms with E-state index in [0.29, 0.717) is 0 Å². The van der Waals surface area contributed by atoms with Crippen molar-refractivity contribution in [2.45, 2.75) is 20.4 Å². The largest absolute Gasteiger partial charge is 0.476 e. The van der Waals surface area contributed by atoms with Crippen molar-refractivity contribution in [1.82, 2.24) is 9.78 Å². The average molecular weight is 192 g/mol. The van der Waals surface area contributed by atoms with Gasteiger partial charge in [0.25, 0.3) is 0 Å². The van der Waals surface area contributed by atoms with Gasteiger partial charge in [0.1, 0.15) is 0 Å². The van der Waals surface area contributed by atoms with E-state index in [1.807, 2.05) is 13.8 Å². The van der Waals surface area contributed by atoms with Crippen LogP contribution in [0.5, 0.6) is 0 Å². The predicted octanol–water partition coefficient (Wildman–Crippen LogP) is 2.00. The molecule has 0 aromatic carbocycles. The fourth-order valence-corrected chi connectivity index (χ4v) is 0.561. The number of aromatic carboxylic acids is 1. The van der Waals surface area contributed by atoms with Gasteiger partial charge in [0.2, 0.25) is 0 Å². The first kappa shape index (κ1) is 11.5. The lowest BCUT2D eigenvalue weighted by Crippen LogP contribution is -2.02. The molecule has 0 saturated carbocycles. The summed E-state index contributed by atoms with van der Waals surface area (Å²) in [6.07, 6.45) is 0.911. The first-order valence-electron chi connectivity index (χ1n) is 3.68. The van der Waals surface area contributed by atoms with Crippen molar-refractivity contribution >= 4 is 5.97 Å². The van der Waals surface area contributed by atoms with Crippen LogP contribution in [0.4, 0.5) is 8.78 Å². The molecule has 0 aliphatic carbocycles. The van der Waals surface area contributed by atoms with Crippen molar-refractivity contribution in [3.63, 3.8) is 0 Å². The lowest BCUT2D eigenvalue weighted by molar-refractivity contribution is 0.0545. The second-order valence-corrected chi connectivity index (χ2v) is 1.76. The molecule has 0 radical (unpaired) electrons. The Morgan fingerprint density at radius 1 is 1.62 bits per heavy atom. The monoisotopic (exact) mass is 192 g/mol. The third-order valence-electron chi connectivity index (χ3n) is 1.03. The third kappa shape index (κ3) is 3.18. The highest BCUT2D eigenvalue weighted by Gasteiger charge is 2.11. The topological polar surface area (TPSA) is 55.1 Å². The molecule has 13 heavy (non-hydrogen) atoms. The Bertz CT molecular complexity index is 273. The molecule has 1 N–H and O–H groups in total. The maximum Gasteiger partial charge on any atom is 0.356 e. The third-order valence-corrected chi connectivity index (χ3v) is 1.03. The minimum atomic E-state index is -2.79. The molecule has 0 aliphatic rings. The smallest absolute Gasteiger partial charge is 0.356 e. The molecule has 0 saturated heterocycles. The fraction of sp³-hybridized carbons (Fsp3) is 0.429. The van der Waals surface area contributed by atoms with Crippen LogP contribution in [-0.4, -0.2) is 20.9 Å². The zero-order valence-corrected chi connectivity index (χ0v) is 7.24. The highest BCUT2D eigenvalue weighted by molar-refractivity contribution is 5.84. The van der Waals surface area contributed by atoms with Crippen LogP contribution >= 0.6 is 0 Å². The number of nitrogens with zero attached hydrogens (tertiary/aromatic N) is 2. The molecule has 0 unspecified atom stereocenters. The highest BCUT2D eigenvalue weighted by atomic mass is 19.3. The first-order valence-corrected chi connectivity index (χ1v) is 3.68. The van der Waals surface area contributed by atoms with Gasteiger partial charge >= 0.3 is 12.5 Å². The molecule has 0 fully saturated rings. The van der Waals surface area contributed by atoms with Gasteiger partial charge in [-0.3, -0.25) is 0 Å². The van der Waals surface area contributed by atoms with E-state index in [-0.39, 0.29) is 10.4 Å². The summed E-state index contributed by atoms with van der Waals surface area (Å²) in [6.45, 7) is 1.21. The quantitative estimate of drug-likeness (QED) is 0.779. The number of carboxylic acids is 1. The molecule has 1 rings (SSSR count). The van der Waals surface area contributed by atoms with Crippen LogP contribution in [-0.2, 0) is 0 Å². The standard InChI is InChI=1S/C5H4F2N2O2.C2H6/c6-5(7)9-2-1-3(8-9)4(10)11;1-2/h1-2,5H,(H,10,11);1-2H3. The van der Waals surface area contributed by atoms with E-state index in [0.717, 1.165) is 12.3 Å². The zero-order chi connectivity index (χ0) is 10.4. The fourth-order valence-electron chi connectivity index (χ4n) is 0.561. The van der Waals surface area contributed by atoms with E-state index in [2.05, 4.69) is 5.10 Å². The van der Waals surface area contributed by atoms with Crippen molar-refractivity contribution in [3.8, 4) is 0 Å². The SMILES string of the molecule is CC.O=C(O)c1ccn(C(F)F)n1. The minimum absolute atomic E-state index is 0.281. The number of carbonyl (C=O) groups is 1. The van der Waals surface area contributed by atoms with Gasteiger partial charge in [0.05, 0.1) is 0 Å². The molecular weight excluding hydrogens is 182 g/mol. The number of alkyl halides is 2. The lowest BCUT2D eigenvalue weighted by Gasteiger charge is -1.94. The number of aromatic nitrogens is 2. The Balaban J connectivity index is 0.000000671. The zero-order valence-electron chi connectivity index (χ0n) is 7.24. The molecule has 74 valence electrons. The molecule has 0 amide bonds. The number of halogens is 2. The Morgan fingerprint density at radius 3 is 2.38 bits per heavy atom. The van der Waals surface area contributed by atoms with Crippen molar-refractivity contribution in [2.75, 3.05) is 0 Å². The summed E-state index contributed by atoms with van der Waals surface area (Å²) >= 11 is 0. The summed E-state index contributed by atoms with van der Waals surface area (Å²) in [5, 5.41) is 11.3. The number of carboxylic acid groups (broad SMARTS) is 1. The van der Waals surface area contributed by atoms with Gasteiger partial charge in [-0.2, -0.15) is 13.9 Å². The second-order valence-electron chi connectivity index (χ2n) is 1.76. The maximum absolute atomic E-state index is 11.8. The molecule has 0 aliphatic heterocycles. The van der Waals surface area contributed by atoms with E-state index in [1.165, 1.54) is 0 Å². The lowest BCUT2D eigenvalue weighted by atomic mass is 10.5. The van der Waals surface area contributed by atoms with E-state index in [1.54, 1.807) is 0 Å². The van der Waals surface area contributed by atoms with Crippen LogP contribution in [0.2, 0.25) is 0 Å². The van der Waals surface area contributed by atoms with Gasteiger partial charge in [0.15, 0.2) is 5.69 Å². The van der Waals surface area contributed by atoms with Crippen molar-refractivity contribution < 1.29 is 18.7 Å². The van der Waals surface area contributed by atoms with E-state index in [9.17, 15) is 13.6 Å². The summed E-state index contributed by atoms with van der Waals surface area (Å²) in [7, 11) is 0. The van der Waals surface area contributed by atoms with Crippen LogP contribution < -0.4 is 0 Å². The summed E-state index contributed by atoms with van der Waals surface area (Å²) in [4.78, 5) is 10.1. The van der Waals surface area contributed by atoms with Crippen molar-refractivity contribution in [3.05, 3.63) is 18.0 Å². The van der Waals surface area contributed by atoms with Gasteiger partial charge < -0.3 is 5.11 Å². The Morgan fingerprint density at radius 2 is 2.15 bits per heavy atom. The van der Waals surface area contributed by atoms with Gasteiger partial charge in [-0.1, -0.05) is 13.8 Å². The highest BCUT2D eigenvalue weighted by Crippen LogP contribution is 2.08. The summed E-state index contributed by atoms with van der Waals surface area (Å²) in [5.41, 5.74) is -0.384. The summed E-state index contributed by atoms with van der Waals surface area (Å²) < 4.78 is 23.8. The van der Waals surface area contributed by atoms with Crippen LogP contribution in [0.15, 0.2) is 12.3 Å². The molecule has 0 spiro atoms. The molecule has 0 bridgehead atoms. The Hall–Kier alpha value is -1.46. The Labute approximate surface area is 73.8 Å². The molecule has 4 nitrogen and oxygen atoms in total. The molecule has 1 heterocycles. The number of hydrogen-bond acceptors (Lipinski definition) is 2.